The third-order valence-electron chi connectivity index (χ3n) is 7.55. The second-order valence-electron chi connectivity index (χ2n) is 10.4. The molecular formula is C29H39N3O3. The summed E-state index contributed by atoms with van der Waals surface area (Å²) in [6.45, 7) is 6.83. The van der Waals surface area contributed by atoms with E-state index >= 15 is 0 Å². The summed E-state index contributed by atoms with van der Waals surface area (Å²) in [5.74, 6) is 0.0837. The zero-order chi connectivity index (χ0) is 24.8. The molecule has 0 radical (unpaired) electrons. The molecule has 2 aromatic carbocycles. The lowest BCUT2D eigenvalue weighted by Gasteiger charge is -2.36. The van der Waals surface area contributed by atoms with Crippen molar-refractivity contribution in [1.29, 1.82) is 0 Å². The number of fused-ring (bicyclic) bond motifs is 1. The molecule has 1 N–H and O–H groups in total. The predicted molar refractivity (Wildman–Crippen MR) is 139 cm³/mol. The van der Waals surface area contributed by atoms with Gasteiger partial charge < -0.3 is 15.1 Å². The quantitative estimate of drug-likeness (QED) is 0.679. The van der Waals surface area contributed by atoms with Gasteiger partial charge in [-0.15, -0.1) is 0 Å². The lowest BCUT2D eigenvalue weighted by atomic mass is 9.93. The van der Waals surface area contributed by atoms with Gasteiger partial charge in [-0.05, 0) is 47.9 Å². The summed E-state index contributed by atoms with van der Waals surface area (Å²) in [5.41, 5.74) is 0.961. The van der Waals surface area contributed by atoms with Crippen LogP contribution in [0.1, 0.15) is 57.9 Å². The highest BCUT2D eigenvalue weighted by atomic mass is 16.2. The van der Waals surface area contributed by atoms with E-state index in [0.717, 1.165) is 42.3 Å². The Bertz CT molecular complexity index is 1030. The van der Waals surface area contributed by atoms with Crippen molar-refractivity contribution < 1.29 is 14.4 Å². The second-order valence-corrected chi connectivity index (χ2v) is 10.4. The van der Waals surface area contributed by atoms with E-state index in [0.29, 0.717) is 25.9 Å². The summed E-state index contributed by atoms with van der Waals surface area (Å²) in [6, 6.07) is 13.5. The summed E-state index contributed by atoms with van der Waals surface area (Å²) >= 11 is 0. The number of likely N-dealkylation sites (tertiary alicyclic amines) is 2. The highest BCUT2D eigenvalue weighted by Crippen LogP contribution is 2.23. The Labute approximate surface area is 209 Å². The fourth-order valence-corrected chi connectivity index (χ4v) is 5.45. The number of nitrogens with one attached hydrogen (secondary N) is 1. The van der Waals surface area contributed by atoms with Gasteiger partial charge in [-0.2, -0.15) is 0 Å². The summed E-state index contributed by atoms with van der Waals surface area (Å²) in [5, 5.41) is 5.18. The molecule has 2 aliphatic heterocycles. The average Bonchev–Trinajstić information content (AvgIpc) is 3.16. The zero-order valence-corrected chi connectivity index (χ0v) is 21.2. The fraction of sp³-hybridized carbons (Fsp3) is 0.552. The number of hydrogen-bond acceptors (Lipinski definition) is 3. The summed E-state index contributed by atoms with van der Waals surface area (Å²) in [4.78, 5) is 43.2. The van der Waals surface area contributed by atoms with Gasteiger partial charge >= 0.3 is 0 Å². The van der Waals surface area contributed by atoms with Crippen LogP contribution in [0.15, 0.2) is 42.5 Å². The van der Waals surface area contributed by atoms with Crippen LogP contribution in [0.3, 0.4) is 0 Å². The zero-order valence-electron chi connectivity index (χ0n) is 21.2. The first-order valence-electron chi connectivity index (χ1n) is 13.3. The molecule has 0 saturated carbocycles. The minimum Gasteiger partial charge on any atom is -0.344 e. The molecule has 0 bridgehead atoms. The molecule has 2 aliphatic rings. The van der Waals surface area contributed by atoms with Crippen LogP contribution in [0.2, 0.25) is 0 Å². The molecule has 3 amide bonds. The van der Waals surface area contributed by atoms with E-state index in [1.807, 2.05) is 66.1 Å². The number of carbonyl (C=O) groups excluding carboxylic acids is 3. The lowest BCUT2D eigenvalue weighted by molar-refractivity contribution is -0.143. The Hall–Kier alpha value is -2.89. The van der Waals surface area contributed by atoms with Crippen LogP contribution < -0.4 is 5.32 Å². The van der Waals surface area contributed by atoms with Gasteiger partial charge in [0, 0.05) is 32.1 Å². The Morgan fingerprint density at radius 3 is 2.20 bits per heavy atom. The lowest BCUT2D eigenvalue weighted by Crippen LogP contribution is -2.54. The molecule has 6 nitrogen and oxygen atoms in total. The van der Waals surface area contributed by atoms with Gasteiger partial charge in [-0.3, -0.25) is 14.4 Å². The van der Waals surface area contributed by atoms with Gasteiger partial charge in [0.05, 0.1) is 6.42 Å². The Morgan fingerprint density at radius 1 is 0.857 bits per heavy atom. The van der Waals surface area contributed by atoms with E-state index in [1.165, 1.54) is 12.8 Å². The van der Waals surface area contributed by atoms with Crippen LogP contribution in [-0.2, 0) is 20.8 Å². The summed E-state index contributed by atoms with van der Waals surface area (Å²) in [7, 11) is 0. The van der Waals surface area contributed by atoms with Gasteiger partial charge in [0.25, 0.3) is 0 Å². The highest BCUT2D eigenvalue weighted by Gasteiger charge is 2.34. The molecule has 2 heterocycles. The Kier molecular flexibility index (Phi) is 8.42. The van der Waals surface area contributed by atoms with Gasteiger partial charge in [0.2, 0.25) is 17.7 Å². The maximum absolute atomic E-state index is 13.4. The fourth-order valence-electron chi connectivity index (χ4n) is 5.45. The normalized spacial score (nSPS) is 18.4. The van der Waals surface area contributed by atoms with Gasteiger partial charge in [-0.25, -0.2) is 0 Å². The van der Waals surface area contributed by atoms with E-state index in [2.05, 4.69) is 5.32 Å². The molecule has 4 rings (SSSR count). The maximum atomic E-state index is 13.4. The van der Waals surface area contributed by atoms with E-state index in [9.17, 15) is 14.4 Å². The van der Waals surface area contributed by atoms with E-state index < -0.39 is 6.04 Å². The van der Waals surface area contributed by atoms with Crippen molar-refractivity contribution in [2.45, 2.75) is 64.8 Å². The van der Waals surface area contributed by atoms with E-state index in [1.54, 1.807) is 0 Å². The minimum atomic E-state index is -0.560. The Morgan fingerprint density at radius 2 is 1.51 bits per heavy atom. The largest absolute Gasteiger partial charge is 0.344 e. The first-order chi connectivity index (χ1) is 16.9. The number of benzene rings is 2. The number of piperidine rings is 1. The molecule has 2 saturated heterocycles. The van der Waals surface area contributed by atoms with Crippen molar-refractivity contribution in [3.05, 3.63) is 48.0 Å². The van der Waals surface area contributed by atoms with Crippen molar-refractivity contribution >= 4 is 28.5 Å². The minimum absolute atomic E-state index is 0.00982. The first kappa shape index (κ1) is 25.2. The molecule has 6 heteroatoms. The van der Waals surface area contributed by atoms with E-state index in [4.69, 9.17) is 0 Å². The smallest absolute Gasteiger partial charge is 0.245 e. The number of rotatable bonds is 6. The Balaban J connectivity index is 1.34. The first-order valence-corrected chi connectivity index (χ1v) is 13.3. The molecule has 0 spiro atoms. The van der Waals surface area contributed by atoms with Crippen molar-refractivity contribution in [2.24, 2.45) is 11.8 Å². The monoisotopic (exact) mass is 477 g/mol. The number of carbonyl (C=O) groups is 3. The van der Waals surface area contributed by atoms with Gasteiger partial charge in [-0.1, -0.05) is 69.2 Å². The average molecular weight is 478 g/mol. The summed E-state index contributed by atoms with van der Waals surface area (Å²) in [6.07, 6.45) is 6.25. The molecule has 0 aliphatic carbocycles. The molecular weight excluding hydrogens is 438 g/mol. The third-order valence-corrected chi connectivity index (χ3v) is 7.55. The van der Waals surface area contributed by atoms with Crippen LogP contribution in [0.5, 0.6) is 0 Å². The van der Waals surface area contributed by atoms with Crippen LogP contribution in [-0.4, -0.2) is 59.7 Å². The van der Waals surface area contributed by atoms with Gasteiger partial charge in [0.1, 0.15) is 6.04 Å². The van der Waals surface area contributed by atoms with Crippen molar-refractivity contribution in [2.75, 3.05) is 26.2 Å². The van der Waals surface area contributed by atoms with Crippen LogP contribution in [0.4, 0.5) is 0 Å². The van der Waals surface area contributed by atoms with Crippen LogP contribution in [0, 0.1) is 11.8 Å². The molecule has 0 unspecified atom stereocenters. The van der Waals surface area contributed by atoms with Crippen molar-refractivity contribution in [3.8, 4) is 0 Å². The number of hydrogen-bond donors (Lipinski definition) is 1. The SMILES string of the molecule is CC(C)[C@@H](NC(=O)Cc1cccc2ccccc12)C(=O)N1CCC(C(=O)N2CCCCCC2)CC1. The molecule has 0 aromatic heterocycles. The molecule has 1 atom stereocenters. The molecule has 2 fully saturated rings. The van der Waals surface area contributed by atoms with Crippen molar-refractivity contribution in [3.63, 3.8) is 0 Å². The van der Waals surface area contributed by atoms with Crippen LogP contribution >= 0.6 is 0 Å². The maximum Gasteiger partial charge on any atom is 0.245 e. The summed E-state index contributed by atoms with van der Waals surface area (Å²) < 4.78 is 0. The van der Waals surface area contributed by atoms with E-state index in [-0.39, 0.29) is 36.0 Å². The number of amides is 3. The molecule has 35 heavy (non-hydrogen) atoms. The van der Waals surface area contributed by atoms with Crippen LogP contribution in [0.25, 0.3) is 10.8 Å². The van der Waals surface area contributed by atoms with Crippen molar-refractivity contribution in [1.82, 2.24) is 15.1 Å². The standard InChI is InChI=1S/C29H39N3O3/c1-21(2)27(30-26(33)20-24-12-9-11-22-10-5-6-13-25(22)24)29(35)32-18-14-23(15-19-32)28(34)31-16-7-3-4-8-17-31/h5-6,9-13,21,23,27H,3-4,7-8,14-20H2,1-2H3,(H,30,33)/t27-/m1/s1. The predicted octanol–water partition coefficient (Wildman–Crippen LogP) is 4.16. The second kappa shape index (κ2) is 11.7. The van der Waals surface area contributed by atoms with Gasteiger partial charge in [0.15, 0.2) is 0 Å². The third kappa shape index (κ3) is 6.22. The number of nitrogens with zero attached hydrogens (tertiary/aromatic N) is 2. The molecule has 2 aromatic rings. The highest BCUT2D eigenvalue weighted by molar-refractivity contribution is 5.92. The molecule has 188 valence electrons. The topological polar surface area (TPSA) is 69.7 Å².